The van der Waals surface area contributed by atoms with Crippen LogP contribution in [0, 0.1) is 5.92 Å². The molecule has 0 spiro atoms. The fourth-order valence-corrected chi connectivity index (χ4v) is 1.51. The molecule has 0 atom stereocenters. The minimum atomic E-state index is -0.878. The number of carboxylic acid groups (broad SMARTS) is 1. The van der Waals surface area contributed by atoms with E-state index in [9.17, 15) is 9.59 Å². The molecule has 1 aromatic rings. The van der Waals surface area contributed by atoms with Gasteiger partial charge in [0.1, 0.15) is 0 Å². The summed E-state index contributed by atoms with van der Waals surface area (Å²) in [5.41, 5.74) is 0. The van der Waals surface area contributed by atoms with Crippen LogP contribution < -0.4 is 5.32 Å². The van der Waals surface area contributed by atoms with Crippen LogP contribution in [-0.4, -0.2) is 49.9 Å². The molecule has 0 aromatic carbocycles. The Balaban J connectivity index is 1.82. The lowest BCUT2D eigenvalue weighted by Gasteiger charge is -2.35. The summed E-state index contributed by atoms with van der Waals surface area (Å²) < 4.78 is 3.47. The van der Waals surface area contributed by atoms with E-state index in [2.05, 4.69) is 20.1 Å². The van der Waals surface area contributed by atoms with Gasteiger partial charge < -0.3 is 10.0 Å². The number of carbonyl (C=O) groups is 2. The number of aromatic nitrogens is 3. The molecule has 8 nitrogen and oxygen atoms in total. The molecule has 15 heavy (non-hydrogen) atoms. The standard InChI is InChI=1S/C6H7N5O3S/c12-4(13)3-1-11(2-3)6(14)7-5-8-9-10-15-5/h3H,1-2H2,(H,12,13)(H,7,8,10,14). The lowest BCUT2D eigenvalue weighted by molar-refractivity contribution is -0.145. The van der Waals surface area contributed by atoms with E-state index in [4.69, 9.17) is 5.11 Å². The summed E-state index contributed by atoms with van der Waals surface area (Å²) in [4.78, 5) is 23.3. The molecule has 0 saturated carbocycles. The Morgan fingerprint density at radius 2 is 2.27 bits per heavy atom. The number of urea groups is 1. The maximum atomic E-state index is 11.4. The van der Waals surface area contributed by atoms with Crippen LogP contribution >= 0.6 is 11.5 Å². The molecule has 1 aliphatic heterocycles. The smallest absolute Gasteiger partial charge is 0.323 e. The van der Waals surface area contributed by atoms with E-state index < -0.39 is 11.9 Å². The molecule has 1 aliphatic rings. The first kappa shape index (κ1) is 9.77. The van der Waals surface area contributed by atoms with Crippen molar-refractivity contribution in [1.82, 2.24) is 19.7 Å². The van der Waals surface area contributed by atoms with Gasteiger partial charge >= 0.3 is 12.0 Å². The van der Waals surface area contributed by atoms with E-state index in [-0.39, 0.29) is 19.1 Å². The second kappa shape index (κ2) is 3.77. The maximum absolute atomic E-state index is 11.4. The Hall–Kier alpha value is -1.77. The third kappa shape index (κ3) is 2.01. The highest BCUT2D eigenvalue weighted by Crippen LogP contribution is 2.17. The molecule has 0 radical (unpaired) electrons. The number of hydrogen-bond acceptors (Lipinski definition) is 6. The van der Waals surface area contributed by atoms with Crippen molar-refractivity contribution in [3.8, 4) is 0 Å². The summed E-state index contributed by atoms with van der Waals surface area (Å²) >= 11 is 0.963. The number of carbonyl (C=O) groups excluding carboxylic acids is 1. The van der Waals surface area contributed by atoms with Crippen molar-refractivity contribution in [1.29, 1.82) is 0 Å². The molecule has 1 saturated heterocycles. The number of nitrogens with one attached hydrogen (secondary N) is 1. The van der Waals surface area contributed by atoms with Crippen LogP contribution in [0.2, 0.25) is 0 Å². The zero-order chi connectivity index (χ0) is 10.8. The maximum Gasteiger partial charge on any atom is 0.323 e. The fourth-order valence-electron chi connectivity index (χ4n) is 1.15. The molecule has 0 bridgehead atoms. The van der Waals surface area contributed by atoms with E-state index in [1.54, 1.807) is 0 Å². The highest BCUT2D eigenvalue weighted by Gasteiger charge is 2.35. The third-order valence-electron chi connectivity index (χ3n) is 2.03. The summed E-state index contributed by atoms with van der Waals surface area (Å²) in [6, 6.07) is -0.369. The van der Waals surface area contributed by atoms with Crippen molar-refractivity contribution in [2.45, 2.75) is 0 Å². The number of nitrogens with zero attached hydrogens (tertiary/aromatic N) is 4. The van der Waals surface area contributed by atoms with Crippen LogP contribution in [0.15, 0.2) is 0 Å². The topological polar surface area (TPSA) is 108 Å². The molecule has 9 heteroatoms. The van der Waals surface area contributed by atoms with Gasteiger partial charge in [-0.2, -0.15) is 0 Å². The Kier molecular flexibility index (Phi) is 2.46. The first-order valence-electron chi connectivity index (χ1n) is 4.10. The van der Waals surface area contributed by atoms with Crippen LogP contribution in [0.1, 0.15) is 0 Å². The normalized spacial score (nSPS) is 15.9. The average Bonchev–Trinajstić information content (AvgIpc) is 2.52. The number of anilines is 1. The van der Waals surface area contributed by atoms with Crippen molar-refractivity contribution in [2.24, 2.45) is 5.92 Å². The Bertz CT molecular complexity index is 374. The Labute approximate surface area is 88.1 Å². The molecule has 2 rings (SSSR count). The second-order valence-electron chi connectivity index (χ2n) is 3.04. The average molecular weight is 229 g/mol. The van der Waals surface area contributed by atoms with Gasteiger partial charge in [-0.25, -0.2) is 4.79 Å². The SMILES string of the molecule is O=C(O)C1CN(C(=O)Nc2nnns2)C1. The third-order valence-corrected chi connectivity index (χ3v) is 2.54. The monoisotopic (exact) mass is 229 g/mol. The number of rotatable bonds is 2. The summed E-state index contributed by atoms with van der Waals surface area (Å²) in [6.45, 7) is 0.459. The van der Waals surface area contributed by atoms with Crippen molar-refractivity contribution in [3.63, 3.8) is 0 Å². The molecule has 2 amide bonds. The largest absolute Gasteiger partial charge is 0.481 e. The Morgan fingerprint density at radius 3 is 2.80 bits per heavy atom. The molecule has 0 aliphatic carbocycles. The number of likely N-dealkylation sites (tertiary alicyclic amines) is 1. The van der Waals surface area contributed by atoms with Gasteiger partial charge in [-0.3, -0.25) is 10.1 Å². The number of amides is 2. The van der Waals surface area contributed by atoms with Crippen molar-refractivity contribution in [3.05, 3.63) is 0 Å². The van der Waals surface area contributed by atoms with Crippen LogP contribution in [-0.2, 0) is 4.79 Å². The highest BCUT2D eigenvalue weighted by molar-refractivity contribution is 7.09. The number of aliphatic carboxylic acids is 1. The molecule has 1 aromatic heterocycles. The van der Waals surface area contributed by atoms with Crippen molar-refractivity contribution in [2.75, 3.05) is 18.4 Å². The minimum Gasteiger partial charge on any atom is -0.481 e. The highest BCUT2D eigenvalue weighted by atomic mass is 32.1. The lowest BCUT2D eigenvalue weighted by atomic mass is 10.0. The molecular weight excluding hydrogens is 222 g/mol. The first-order chi connectivity index (χ1) is 7.16. The Morgan fingerprint density at radius 1 is 1.53 bits per heavy atom. The van der Waals surface area contributed by atoms with Gasteiger partial charge in [-0.1, -0.05) is 9.59 Å². The molecular formula is C6H7N5O3S. The summed E-state index contributed by atoms with van der Waals surface area (Å²) in [7, 11) is 0. The van der Waals surface area contributed by atoms with Gasteiger partial charge in [0.2, 0.25) is 5.13 Å². The van der Waals surface area contributed by atoms with Gasteiger partial charge in [0.25, 0.3) is 0 Å². The van der Waals surface area contributed by atoms with Gasteiger partial charge in [0.15, 0.2) is 0 Å². The van der Waals surface area contributed by atoms with Crippen molar-refractivity contribution >= 4 is 28.7 Å². The molecule has 1 fully saturated rings. The van der Waals surface area contributed by atoms with Gasteiger partial charge in [0.05, 0.1) is 5.92 Å². The predicted molar refractivity (Wildman–Crippen MR) is 49.4 cm³/mol. The zero-order valence-corrected chi connectivity index (χ0v) is 8.27. The quantitative estimate of drug-likeness (QED) is 0.706. The van der Waals surface area contributed by atoms with Crippen LogP contribution in [0.4, 0.5) is 9.93 Å². The summed E-state index contributed by atoms with van der Waals surface area (Å²) in [5, 5.41) is 18.2. The van der Waals surface area contributed by atoms with Crippen LogP contribution in [0.25, 0.3) is 0 Å². The van der Waals surface area contributed by atoms with Gasteiger partial charge in [0, 0.05) is 24.6 Å². The van der Waals surface area contributed by atoms with E-state index in [1.807, 2.05) is 0 Å². The molecule has 2 N–H and O–H groups in total. The van der Waals surface area contributed by atoms with Gasteiger partial charge in [-0.05, 0) is 5.21 Å². The lowest BCUT2D eigenvalue weighted by Crippen LogP contribution is -2.54. The molecule has 0 unspecified atom stereocenters. The van der Waals surface area contributed by atoms with E-state index in [0.717, 1.165) is 11.5 Å². The van der Waals surface area contributed by atoms with E-state index >= 15 is 0 Å². The molecule has 80 valence electrons. The van der Waals surface area contributed by atoms with Crippen LogP contribution in [0.3, 0.4) is 0 Å². The van der Waals surface area contributed by atoms with Crippen LogP contribution in [0.5, 0.6) is 0 Å². The van der Waals surface area contributed by atoms with E-state index in [0.29, 0.717) is 5.13 Å². The molecule has 2 heterocycles. The second-order valence-corrected chi connectivity index (χ2v) is 3.77. The minimum absolute atomic E-state index is 0.230. The summed E-state index contributed by atoms with van der Waals surface area (Å²) in [5.74, 6) is -1.33. The first-order valence-corrected chi connectivity index (χ1v) is 4.88. The number of carboxylic acids is 1. The number of hydrogen-bond donors (Lipinski definition) is 2. The summed E-state index contributed by atoms with van der Waals surface area (Å²) in [6.07, 6.45) is 0. The predicted octanol–water partition coefficient (Wildman–Crippen LogP) is -0.519. The van der Waals surface area contributed by atoms with E-state index in [1.165, 1.54) is 4.90 Å². The van der Waals surface area contributed by atoms with Crippen molar-refractivity contribution < 1.29 is 14.7 Å². The zero-order valence-electron chi connectivity index (χ0n) is 7.45. The fraction of sp³-hybridized carbons (Fsp3) is 0.500. The van der Waals surface area contributed by atoms with Gasteiger partial charge in [-0.15, -0.1) is 0 Å².